The molecule has 1 fully saturated rings. The quantitative estimate of drug-likeness (QED) is 0.797. The summed E-state index contributed by atoms with van der Waals surface area (Å²) in [6.45, 7) is 6.36. The average molecular weight is 286 g/mol. The van der Waals surface area contributed by atoms with Gasteiger partial charge in [-0.1, -0.05) is 25.8 Å². The van der Waals surface area contributed by atoms with Crippen molar-refractivity contribution in [3.8, 4) is 11.8 Å². The molecule has 1 heterocycles. The molecule has 1 aliphatic heterocycles. The number of ether oxygens (including phenoxy) is 1. The molecule has 3 nitrogen and oxygen atoms in total. The van der Waals surface area contributed by atoms with Crippen LogP contribution in [0.15, 0.2) is 24.3 Å². The SMILES string of the molecule is CCCC1CCCN(CCOc2cccc(C#N)c2)CC1. The molecule has 1 atom stereocenters. The average Bonchev–Trinajstić information content (AvgIpc) is 2.74. The molecule has 1 aliphatic rings. The van der Waals surface area contributed by atoms with Crippen LogP contribution in [0.3, 0.4) is 0 Å². The van der Waals surface area contributed by atoms with E-state index in [1.54, 1.807) is 12.1 Å². The molecule has 21 heavy (non-hydrogen) atoms. The third-order valence-corrected chi connectivity index (χ3v) is 4.28. The number of likely N-dealkylation sites (tertiary alicyclic amines) is 1. The van der Waals surface area contributed by atoms with E-state index in [2.05, 4.69) is 17.9 Å². The highest BCUT2D eigenvalue weighted by Crippen LogP contribution is 2.21. The van der Waals surface area contributed by atoms with Gasteiger partial charge in [-0.3, -0.25) is 4.90 Å². The molecule has 1 aromatic carbocycles. The molecule has 0 amide bonds. The molecule has 0 saturated carbocycles. The summed E-state index contributed by atoms with van der Waals surface area (Å²) in [6.07, 6.45) is 6.72. The number of benzene rings is 1. The predicted molar refractivity (Wildman–Crippen MR) is 85.3 cm³/mol. The minimum absolute atomic E-state index is 0.657. The van der Waals surface area contributed by atoms with Gasteiger partial charge >= 0.3 is 0 Å². The van der Waals surface area contributed by atoms with Crippen molar-refractivity contribution in [2.75, 3.05) is 26.2 Å². The van der Waals surface area contributed by atoms with Crippen LogP contribution in [0.5, 0.6) is 5.75 Å². The van der Waals surface area contributed by atoms with Gasteiger partial charge in [-0.25, -0.2) is 0 Å². The van der Waals surface area contributed by atoms with E-state index in [-0.39, 0.29) is 0 Å². The molecule has 3 heteroatoms. The maximum absolute atomic E-state index is 8.88. The lowest BCUT2D eigenvalue weighted by Gasteiger charge is -2.20. The van der Waals surface area contributed by atoms with Gasteiger partial charge in [0.25, 0.3) is 0 Å². The summed E-state index contributed by atoms with van der Waals surface area (Å²) in [6, 6.07) is 9.54. The van der Waals surface area contributed by atoms with Crippen LogP contribution in [-0.2, 0) is 0 Å². The first kappa shape index (κ1) is 15.9. The van der Waals surface area contributed by atoms with E-state index in [1.165, 1.54) is 45.2 Å². The zero-order valence-electron chi connectivity index (χ0n) is 13.1. The highest BCUT2D eigenvalue weighted by atomic mass is 16.5. The van der Waals surface area contributed by atoms with Crippen molar-refractivity contribution in [1.82, 2.24) is 4.90 Å². The zero-order chi connectivity index (χ0) is 14.9. The fourth-order valence-corrected chi connectivity index (χ4v) is 3.09. The molecule has 114 valence electrons. The van der Waals surface area contributed by atoms with Crippen molar-refractivity contribution in [1.29, 1.82) is 5.26 Å². The van der Waals surface area contributed by atoms with Crippen molar-refractivity contribution in [3.63, 3.8) is 0 Å². The van der Waals surface area contributed by atoms with Gasteiger partial charge in [0.2, 0.25) is 0 Å². The van der Waals surface area contributed by atoms with E-state index >= 15 is 0 Å². The Morgan fingerprint density at radius 3 is 3.05 bits per heavy atom. The molecule has 0 aliphatic carbocycles. The Hall–Kier alpha value is -1.53. The van der Waals surface area contributed by atoms with Gasteiger partial charge in [0, 0.05) is 6.54 Å². The summed E-state index contributed by atoms with van der Waals surface area (Å²) in [5.74, 6) is 1.72. The van der Waals surface area contributed by atoms with Gasteiger partial charge in [0.1, 0.15) is 12.4 Å². The van der Waals surface area contributed by atoms with Crippen molar-refractivity contribution < 1.29 is 4.74 Å². The lowest BCUT2D eigenvalue weighted by atomic mass is 9.96. The van der Waals surface area contributed by atoms with E-state index in [4.69, 9.17) is 10.00 Å². The summed E-state index contributed by atoms with van der Waals surface area (Å²) in [5.41, 5.74) is 0.657. The van der Waals surface area contributed by atoms with Crippen molar-refractivity contribution in [2.24, 2.45) is 5.92 Å². The van der Waals surface area contributed by atoms with E-state index in [1.807, 2.05) is 12.1 Å². The summed E-state index contributed by atoms with van der Waals surface area (Å²) in [7, 11) is 0. The lowest BCUT2D eigenvalue weighted by molar-refractivity contribution is 0.212. The van der Waals surface area contributed by atoms with Crippen molar-refractivity contribution in [3.05, 3.63) is 29.8 Å². The van der Waals surface area contributed by atoms with E-state index in [9.17, 15) is 0 Å². The highest BCUT2D eigenvalue weighted by molar-refractivity contribution is 5.36. The maximum Gasteiger partial charge on any atom is 0.120 e. The zero-order valence-corrected chi connectivity index (χ0v) is 13.1. The predicted octanol–water partition coefficient (Wildman–Crippen LogP) is 3.84. The van der Waals surface area contributed by atoms with Crippen molar-refractivity contribution in [2.45, 2.75) is 39.0 Å². The first-order chi connectivity index (χ1) is 10.3. The van der Waals surface area contributed by atoms with Crippen LogP contribution in [-0.4, -0.2) is 31.1 Å². The summed E-state index contributed by atoms with van der Waals surface area (Å²) >= 11 is 0. The number of rotatable bonds is 6. The normalized spacial score (nSPS) is 19.7. The molecule has 1 unspecified atom stereocenters. The van der Waals surface area contributed by atoms with Gasteiger partial charge < -0.3 is 4.74 Å². The first-order valence-electron chi connectivity index (χ1n) is 8.17. The second kappa shape index (κ2) is 8.69. The van der Waals surface area contributed by atoms with Gasteiger partial charge in [0.15, 0.2) is 0 Å². The second-order valence-electron chi connectivity index (χ2n) is 5.92. The third kappa shape index (κ3) is 5.40. The molecule has 2 rings (SSSR count). The summed E-state index contributed by atoms with van der Waals surface area (Å²) < 4.78 is 5.77. The van der Waals surface area contributed by atoms with E-state index in [0.29, 0.717) is 12.2 Å². The molecular weight excluding hydrogens is 260 g/mol. The Morgan fingerprint density at radius 2 is 2.24 bits per heavy atom. The lowest BCUT2D eigenvalue weighted by Crippen LogP contribution is -2.29. The third-order valence-electron chi connectivity index (χ3n) is 4.28. The van der Waals surface area contributed by atoms with Crippen LogP contribution >= 0.6 is 0 Å². The number of hydrogen-bond donors (Lipinski definition) is 0. The topological polar surface area (TPSA) is 36.3 Å². The highest BCUT2D eigenvalue weighted by Gasteiger charge is 2.16. The fraction of sp³-hybridized carbons (Fsp3) is 0.611. The smallest absolute Gasteiger partial charge is 0.120 e. The van der Waals surface area contributed by atoms with E-state index in [0.717, 1.165) is 18.2 Å². The Morgan fingerprint density at radius 1 is 1.33 bits per heavy atom. The van der Waals surface area contributed by atoms with Gasteiger partial charge in [-0.05, 0) is 56.5 Å². The molecule has 1 aromatic rings. The monoisotopic (exact) mass is 286 g/mol. The Bertz CT molecular complexity index is 467. The molecule has 0 radical (unpaired) electrons. The van der Waals surface area contributed by atoms with Crippen LogP contribution < -0.4 is 4.74 Å². The second-order valence-corrected chi connectivity index (χ2v) is 5.92. The Balaban J connectivity index is 1.72. The first-order valence-corrected chi connectivity index (χ1v) is 8.17. The van der Waals surface area contributed by atoms with Crippen LogP contribution in [0.4, 0.5) is 0 Å². The van der Waals surface area contributed by atoms with Gasteiger partial charge in [0.05, 0.1) is 11.6 Å². The molecule has 0 bridgehead atoms. The van der Waals surface area contributed by atoms with Gasteiger partial charge in [-0.2, -0.15) is 5.26 Å². The Labute approximate surface area is 128 Å². The Kier molecular flexibility index (Phi) is 6.56. The van der Waals surface area contributed by atoms with Crippen LogP contribution in [0.2, 0.25) is 0 Å². The molecular formula is C18H26N2O. The largest absolute Gasteiger partial charge is 0.492 e. The standard InChI is InChI=1S/C18H26N2O/c1-2-5-16-7-4-10-20(11-9-16)12-13-21-18-8-3-6-17(14-18)15-19/h3,6,8,14,16H,2,4-5,7,9-13H2,1H3. The van der Waals surface area contributed by atoms with Crippen LogP contribution in [0.1, 0.15) is 44.6 Å². The molecule has 1 saturated heterocycles. The molecule has 0 aromatic heterocycles. The summed E-state index contributed by atoms with van der Waals surface area (Å²) in [5, 5.41) is 8.88. The minimum atomic E-state index is 0.657. The number of nitriles is 1. The van der Waals surface area contributed by atoms with Crippen LogP contribution in [0.25, 0.3) is 0 Å². The molecule has 0 spiro atoms. The number of nitrogens with zero attached hydrogens (tertiary/aromatic N) is 2. The minimum Gasteiger partial charge on any atom is -0.492 e. The number of hydrogen-bond acceptors (Lipinski definition) is 3. The van der Waals surface area contributed by atoms with Gasteiger partial charge in [-0.15, -0.1) is 0 Å². The van der Waals surface area contributed by atoms with Crippen molar-refractivity contribution >= 4 is 0 Å². The molecule has 0 N–H and O–H groups in total. The summed E-state index contributed by atoms with van der Waals surface area (Å²) in [4.78, 5) is 2.52. The van der Waals surface area contributed by atoms with Crippen LogP contribution in [0, 0.1) is 17.2 Å². The fourth-order valence-electron chi connectivity index (χ4n) is 3.09. The maximum atomic E-state index is 8.88. The van der Waals surface area contributed by atoms with E-state index < -0.39 is 0 Å².